The van der Waals surface area contributed by atoms with E-state index in [0.717, 1.165) is 30.0 Å². The number of amides is 1. The maximum absolute atomic E-state index is 12.2. The van der Waals surface area contributed by atoms with Crippen molar-refractivity contribution in [2.45, 2.75) is 19.8 Å². The molecule has 0 saturated heterocycles. The number of thiophene rings is 1. The third-order valence-corrected chi connectivity index (χ3v) is 3.96. The summed E-state index contributed by atoms with van der Waals surface area (Å²) in [6.45, 7) is 2.90. The van der Waals surface area contributed by atoms with Gasteiger partial charge in [-0.25, -0.2) is 0 Å². The van der Waals surface area contributed by atoms with E-state index in [-0.39, 0.29) is 5.91 Å². The molecule has 0 radical (unpaired) electrons. The van der Waals surface area contributed by atoms with Gasteiger partial charge in [0.25, 0.3) is 5.91 Å². The lowest BCUT2D eigenvalue weighted by Gasteiger charge is -2.14. The molecule has 0 bridgehead atoms. The van der Waals surface area contributed by atoms with Crippen molar-refractivity contribution in [1.82, 2.24) is 14.7 Å². The van der Waals surface area contributed by atoms with Gasteiger partial charge in [0, 0.05) is 20.6 Å². The molecule has 102 valence electrons. The Labute approximate surface area is 117 Å². The fourth-order valence-electron chi connectivity index (χ4n) is 1.92. The van der Waals surface area contributed by atoms with Gasteiger partial charge in [0.05, 0.1) is 10.6 Å². The van der Waals surface area contributed by atoms with Crippen LogP contribution in [0.4, 0.5) is 0 Å². The van der Waals surface area contributed by atoms with Gasteiger partial charge in [-0.2, -0.15) is 5.10 Å². The first-order valence-electron chi connectivity index (χ1n) is 6.47. The second-order valence-electron chi connectivity index (χ2n) is 4.60. The topological polar surface area (TPSA) is 38.1 Å². The Balaban J connectivity index is 2.18. The van der Waals surface area contributed by atoms with Crippen LogP contribution in [-0.4, -0.2) is 34.2 Å². The smallest absolute Gasteiger partial charge is 0.274 e. The van der Waals surface area contributed by atoms with Gasteiger partial charge in [-0.15, -0.1) is 11.3 Å². The van der Waals surface area contributed by atoms with E-state index in [1.165, 1.54) is 0 Å². The Morgan fingerprint density at radius 3 is 2.95 bits per heavy atom. The summed E-state index contributed by atoms with van der Waals surface area (Å²) in [4.78, 5) is 15.1. The summed E-state index contributed by atoms with van der Waals surface area (Å²) in [6.07, 6.45) is 2.10. The summed E-state index contributed by atoms with van der Waals surface area (Å²) in [5.74, 6) is -0.00754. The Bertz CT molecular complexity index is 545. The number of carbonyl (C=O) groups is 1. The number of rotatable bonds is 5. The zero-order chi connectivity index (χ0) is 13.8. The van der Waals surface area contributed by atoms with Crippen LogP contribution in [0.5, 0.6) is 0 Å². The van der Waals surface area contributed by atoms with Crippen LogP contribution >= 0.6 is 11.3 Å². The van der Waals surface area contributed by atoms with E-state index < -0.39 is 0 Å². The minimum absolute atomic E-state index is 0.00754. The lowest BCUT2D eigenvalue weighted by atomic mass is 10.2. The molecule has 0 unspecified atom stereocenters. The summed E-state index contributed by atoms with van der Waals surface area (Å²) >= 11 is 1.65. The number of nitrogens with zero attached hydrogens (tertiary/aromatic N) is 3. The molecule has 0 aliphatic rings. The van der Waals surface area contributed by atoms with Gasteiger partial charge in [-0.1, -0.05) is 19.4 Å². The van der Waals surface area contributed by atoms with Crippen LogP contribution in [0.15, 0.2) is 23.6 Å². The lowest BCUT2D eigenvalue weighted by Crippen LogP contribution is -2.28. The number of hydrogen-bond donors (Lipinski definition) is 0. The van der Waals surface area contributed by atoms with E-state index in [0.29, 0.717) is 5.69 Å². The molecule has 0 aliphatic heterocycles. The van der Waals surface area contributed by atoms with Crippen molar-refractivity contribution >= 4 is 17.2 Å². The van der Waals surface area contributed by atoms with Gasteiger partial charge in [-0.05, 0) is 23.9 Å². The molecule has 5 heteroatoms. The largest absolute Gasteiger partial charge is 0.340 e. The molecule has 2 aromatic heterocycles. The van der Waals surface area contributed by atoms with Crippen molar-refractivity contribution in [1.29, 1.82) is 0 Å². The summed E-state index contributed by atoms with van der Waals surface area (Å²) in [6, 6.07) is 5.91. The van der Waals surface area contributed by atoms with Crippen LogP contribution in [0.2, 0.25) is 0 Å². The number of aromatic nitrogens is 2. The Morgan fingerprint density at radius 2 is 2.32 bits per heavy atom. The molecule has 4 nitrogen and oxygen atoms in total. The monoisotopic (exact) mass is 277 g/mol. The molecule has 19 heavy (non-hydrogen) atoms. The number of unbranched alkanes of at least 4 members (excludes halogenated alkanes) is 1. The molecular formula is C14H19N3OS. The molecule has 0 atom stereocenters. The molecule has 0 aromatic carbocycles. The third kappa shape index (κ3) is 3.04. The van der Waals surface area contributed by atoms with Crippen molar-refractivity contribution in [3.8, 4) is 10.6 Å². The van der Waals surface area contributed by atoms with Gasteiger partial charge in [-0.3, -0.25) is 9.48 Å². The highest BCUT2D eigenvalue weighted by molar-refractivity contribution is 7.13. The second-order valence-corrected chi connectivity index (χ2v) is 5.54. The molecule has 0 N–H and O–H groups in total. The van der Waals surface area contributed by atoms with Crippen molar-refractivity contribution in [2.24, 2.45) is 7.05 Å². The van der Waals surface area contributed by atoms with Crippen molar-refractivity contribution in [3.05, 3.63) is 29.3 Å². The first kappa shape index (κ1) is 13.8. The first-order chi connectivity index (χ1) is 9.13. The van der Waals surface area contributed by atoms with Crippen LogP contribution in [0, 0.1) is 0 Å². The van der Waals surface area contributed by atoms with E-state index in [4.69, 9.17) is 0 Å². The van der Waals surface area contributed by atoms with E-state index in [1.807, 2.05) is 37.7 Å². The van der Waals surface area contributed by atoms with Gasteiger partial charge < -0.3 is 4.90 Å². The summed E-state index contributed by atoms with van der Waals surface area (Å²) in [7, 11) is 3.70. The molecule has 0 saturated carbocycles. The predicted molar refractivity (Wildman–Crippen MR) is 78.4 cm³/mol. The van der Waals surface area contributed by atoms with Crippen LogP contribution in [0.25, 0.3) is 10.6 Å². The van der Waals surface area contributed by atoms with Gasteiger partial charge in [0.1, 0.15) is 0 Å². The van der Waals surface area contributed by atoms with Crippen LogP contribution in [-0.2, 0) is 7.05 Å². The SMILES string of the molecule is CCCCN(C)C(=O)c1cc(-c2cccs2)n(C)n1. The van der Waals surface area contributed by atoms with E-state index in [1.54, 1.807) is 20.9 Å². The summed E-state index contributed by atoms with van der Waals surface area (Å²) < 4.78 is 1.77. The number of carbonyl (C=O) groups excluding carboxylic acids is 1. The number of hydrogen-bond acceptors (Lipinski definition) is 3. The van der Waals surface area contributed by atoms with E-state index in [2.05, 4.69) is 12.0 Å². The zero-order valence-electron chi connectivity index (χ0n) is 11.6. The maximum Gasteiger partial charge on any atom is 0.274 e. The molecule has 0 spiro atoms. The van der Waals surface area contributed by atoms with Crippen molar-refractivity contribution in [3.63, 3.8) is 0 Å². The minimum Gasteiger partial charge on any atom is -0.340 e. The minimum atomic E-state index is -0.00754. The molecule has 0 fully saturated rings. The van der Waals surface area contributed by atoms with Gasteiger partial charge >= 0.3 is 0 Å². The predicted octanol–water partition coefficient (Wildman–Crippen LogP) is 3.02. The molecular weight excluding hydrogens is 258 g/mol. The fourth-order valence-corrected chi connectivity index (χ4v) is 2.69. The Hall–Kier alpha value is -1.62. The summed E-state index contributed by atoms with van der Waals surface area (Å²) in [5, 5.41) is 6.35. The number of aryl methyl sites for hydroxylation is 1. The van der Waals surface area contributed by atoms with E-state index >= 15 is 0 Å². The normalized spacial score (nSPS) is 10.7. The third-order valence-electron chi connectivity index (χ3n) is 3.07. The van der Waals surface area contributed by atoms with Gasteiger partial charge in [0.2, 0.25) is 0 Å². The highest BCUT2D eigenvalue weighted by Crippen LogP contribution is 2.25. The molecule has 0 aliphatic carbocycles. The lowest BCUT2D eigenvalue weighted by molar-refractivity contribution is 0.0786. The van der Waals surface area contributed by atoms with Crippen LogP contribution < -0.4 is 0 Å². The molecule has 2 rings (SSSR count). The molecule has 2 heterocycles. The van der Waals surface area contributed by atoms with Crippen LogP contribution in [0.3, 0.4) is 0 Å². The average Bonchev–Trinajstić information content (AvgIpc) is 3.03. The zero-order valence-corrected chi connectivity index (χ0v) is 12.4. The van der Waals surface area contributed by atoms with Crippen molar-refractivity contribution in [2.75, 3.05) is 13.6 Å². The quantitative estimate of drug-likeness (QED) is 0.842. The fraction of sp³-hybridized carbons (Fsp3) is 0.429. The Kier molecular flexibility index (Phi) is 4.37. The van der Waals surface area contributed by atoms with Crippen molar-refractivity contribution < 1.29 is 4.79 Å². The Morgan fingerprint density at radius 1 is 1.53 bits per heavy atom. The highest BCUT2D eigenvalue weighted by atomic mass is 32.1. The average molecular weight is 277 g/mol. The van der Waals surface area contributed by atoms with E-state index in [9.17, 15) is 4.79 Å². The highest BCUT2D eigenvalue weighted by Gasteiger charge is 2.17. The van der Waals surface area contributed by atoms with Gasteiger partial charge in [0.15, 0.2) is 5.69 Å². The maximum atomic E-state index is 12.2. The summed E-state index contributed by atoms with van der Waals surface area (Å²) in [5.41, 5.74) is 1.51. The molecule has 2 aromatic rings. The van der Waals surface area contributed by atoms with Crippen LogP contribution in [0.1, 0.15) is 30.3 Å². The first-order valence-corrected chi connectivity index (χ1v) is 7.34. The molecule has 1 amide bonds. The second kappa shape index (κ2) is 6.02. The standard InChI is InChI=1S/C14H19N3OS/c1-4-5-8-16(2)14(18)11-10-12(17(3)15-11)13-7-6-9-19-13/h6-7,9-10H,4-5,8H2,1-3H3.